The minimum atomic E-state index is -4.22. The molecule has 1 amide bonds. The lowest BCUT2D eigenvalue weighted by Crippen LogP contribution is -2.32. The van der Waals surface area contributed by atoms with Gasteiger partial charge in [-0.25, -0.2) is 17.5 Å². The third-order valence-electron chi connectivity index (χ3n) is 6.03. The molecular weight excluding hydrogens is 533 g/mol. The molecule has 1 aliphatic heterocycles. The summed E-state index contributed by atoms with van der Waals surface area (Å²) >= 11 is 0. The minimum absolute atomic E-state index is 0.0253. The predicted molar refractivity (Wildman–Crippen MR) is 138 cm³/mol. The normalized spacial score (nSPS) is 15.3. The number of halogens is 1. The van der Waals surface area contributed by atoms with Crippen LogP contribution in [0.4, 0.5) is 10.1 Å². The van der Waals surface area contributed by atoms with Gasteiger partial charge in [-0.3, -0.25) is 14.9 Å². The largest absolute Gasteiger partial charge is 0.437 e. The van der Waals surface area contributed by atoms with Crippen LogP contribution in [0.15, 0.2) is 47.4 Å². The van der Waals surface area contributed by atoms with Gasteiger partial charge in [0.1, 0.15) is 16.5 Å². The van der Waals surface area contributed by atoms with Crippen LogP contribution in [0.2, 0.25) is 0 Å². The molecular formula is C25H28FN5O7S. The molecule has 2 aromatic carbocycles. The molecule has 1 fully saturated rings. The Morgan fingerprint density at radius 2 is 2.10 bits per heavy atom. The molecule has 0 unspecified atom stereocenters. The van der Waals surface area contributed by atoms with Crippen LogP contribution >= 0.6 is 0 Å². The molecule has 14 heteroatoms. The van der Waals surface area contributed by atoms with Crippen molar-refractivity contribution in [2.75, 3.05) is 19.7 Å². The molecule has 3 aromatic rings. The summed E-state index contributed by atoms with van der Waals surface area (Å²) in [5, 5.41) is 18.5. The number of nitrogens with zero attached hydrogens (tertiary/aromatic N) is 3. The number of nitro benzene ring substituents is 1. The van der Waals surface area contributed by atoms with E-state index in [2.05, 4.69) is 15.1 Å². The van der Waals surface area contributed by atoms with E-state index >= 15 is 0 Å². The summed E-state index contributed by atoms with van der Waals surface area (Å²) in [6, 6.07) is 8.52. The number of hydrogen-bond acceptors (Lipinski definition) is 8. The van der Waals surface area contributed by atoms with Gasteiger partial charge in [-0.1, -0.05) is 13.0 Å². The van der Waals surface area contributed by atoms with Gasteiger partial charge >= 0.3 is 0 Å². The SMILES string of the molecule is CCCNS(=O)(=O)c1cc([N+](=O)[O-])ccc1Oc1c(C)c(C(=O)NC[C@@H]2CCCO2)nn1-c1cccc(F)c1. The van der Waals surface area contributed by atoms with Gasteiger partial charge in [-0.15, -0.1) is 0 Å². The van der Waals surface area contributed by atoms with Crippen molar-refractivity contribution < 1.29 is 32.0 Å². The van der Waals surface area contributed by atoms with Crippen LogP contribution in [0.1, 0.15) is 42.2 Å². The van der Waals surface area contributed by atoms with Crippen molar-refractivity contribution in [2.24, 2.45) is 0 Å². The first-order chi connectivity index (χ1) is 18.6. The van der Waals surface area contributed by atoms with Gasteiger partial charge in [0, 0.05) is 37.4 Å². The highest BCUT2D eigenvalue weighted by Gasteiger charge is 2.28. The standard InChI is InChI=1S/C25H28FN5O7S/c1-3-11-28-39(35,36)22-14-19(31(33)34)9-10-21(22)38-25-16(2)23(24(32)27-15-20-8-5-12-37-20)29-30(25)18-7-4-6-17(26)13-18/h4,6-7,9-10,13-14,20,28H,3,5,8,11-12,15H2,1-2H3,(H,27,32)/t20-/m0/s1. The molecule has 0 bridgehead atoms. The van der Waals surface area contributed by atoms with Gasteiger partial charge in [0.25, 0.3) is 11.6 Å². The molecule has 2 N–H and O–H groups in total. The number of non-ortho nitro benzene ring substituents is 1. The topological polar surface area (TPSA) is 155 Å². The van der Waals surface area contributed by atoms with Crippen LogP contribution in [0, 0.1) is 22.9 Å². The van der Waals surface area contributed by atoms with Crippen molar-refractivity contribution in [3.63, 3.8) is 0 Å². The number of ether oxygens (including phenoxy) is 2. The summed E-state index contributed by atoms with van der Waals surface area (Å²) in [5.74, 6) is -1.40. The zero-order valence-corrected chi connectivity index (χ0v) is 22.2. The average molecular weight is 562 g/mol. The third-order valence-corrected chi connectivity index (χ3v) is 7.51. The van der Waals surface area contributed by atoms with Crippen LogP contribution < -0.4 is 14.8 Å². The van der Waals surface area contributed by atoms with Gasteiger partial charge < -0.3 is 14.8 Å². The van der Waals surface area contributed by atoms with Crippen LogP contribution in [0.3, 0.4) is 0 Å². The zero-order chi connectivity index (χ0) is 28.2. The Morgan fingerprint density at radius 3 is 2.77 bits per heavy atom. The first-order valence-corrected chi connectivity index (χ1v) is 13.8. The maximum atomic E-state index is 14.1. The molecule has 2 heterocycles. The predicted octanol–water partition coefficient (Wildman–Crippen LogP) is 3.62. The van der Waals surface area contributed by atoms with E-state index in [-0.39, 0.29) is 47.8 Å². The molecule has 1 aromatic heterocycles. The second kappa shape index (κ2) is 11.9. The summed E-state index contributed by atoms with van der Waals surface area (Å²) in [7, 11) is -4.22. The fourth-order valence-corrected chi connectivity index (χ4v) is 5.30. The molecule has 0 radical (unpaired) electrons. The molecule has 4 rings (SSSR count). The Bertz CT molecular complexity index is 1490. The molecule has 208 valence electrons. The zero-order valence-electron chi connectivity index (χ0n) is 21.3. The third kappa shape index (κ3) is 6.41. The fourth-order valence-electron chi connectivity index (χ4n) is 4.02. The van der Waals surface area contributed by atoms with Crippen molar-refractivity contribution in [2.45, 2.75) is 44.1 Å². The second-order valence-electron chi connectivity index (χ2n) is 8.90. The number of carbonyl (C=O) groups is 1. The molecule has 1 saturated heterocycles. The van der Waals surface area contributed by atoms with Crippen LogP contribution in [0.25, 0.3) is 5.69 Å². The van der Waals surface area contributed by atoms with E-state index in [4.69, 9.17) is 9.47 Å². The van der Waals surface area contributed by atoms with E-state index in [0.717, 1.165) is 31.0 Å². The van der Waals surface area contributed by atoms with Gasteiger partial charge in [0.05, 0.1) is 16.7 Å². The van der Waals surface area contributed by atoms with Crippen LogP contribution in [-0.2, 0) is 14.8 Å². The number of amides is 1. The summed E-state index contributed by atoms with van der Waals surface area (Å²) in [6.07, 6.45) is 2.09. The van der Waals surface area contributed by atoms with Crippen LogP contribution in [-0.4, -0.2) is 54.8 Å². The van der Waals surface area contributed by atoms with Gasteiger partial charge in [-0.05, 0) is 50.5 Å². The lowest BCUT2D eigenvalue weighted by molar-refractivity contribution is -0.385. The van der Waals surface area contributed by atoms with Gasteiger partial charge in [0.2, 0.25) is 15.9 Å². The lowest BCUT2D eigenvalue weighted by atomic mass is 10.2. The molecule has 1 aliphatic rings. The Labute approximate surface area is 224 Å². The number of hydrogen-bond donors (Lipinski definition) is 2. The fraction of sp³-hybridized carbons (Fsp3) is 0.360. The molecule has 12 nitrogen and oxygen atoms in total. The number of nitro groups is 1. The molecule has 0 saturated carbocycles. The van der Waals surface area contributed by atoms with E-state index in [1.807, 2.05) is 0 Å². The Balaban J connectivity index is 1.78. The number of benzene rings is 2. The summed E-state index contributed by atoms with van der Waals surface area (Å²) < 4.78 is 55.3. The quantitative estimate of drug-likeness (QED) is 0.266. The molecule has 39 heavy (non-hydrogen) atoms. The maximum absolute atomic E-state index is 14.1. The highest BCUT2D eigenvalue weighted by atomic mass is 32.2. The minimum Gasteiger partial charge on any atom is -0.437 e. The molecule has 1 atom stereocenters. The van der Waals surface area contributed by atoms with E-state index in [1.54, 1.807) is 13.8 Å². The van der Waals surface area contributed by atoms with Crippen LogP contribution in [0.5, 0.6) is 11.6 Å². The molecule has 0 aliphatic carbocycles. The number of rotatable bonds is 11. The summed E-state index contributed by atoms with van der Waals surface area (Å²) in [4.78, 5) is 23.2. The average Bonchev–Trinajstić information content (AvgIpc) is 3.54. The first kappa shape index (κ1) is 28.1. The second-order valence-corrected chi connectivity index (χ2v) is 10.6. The monoisotopic (exact) mass is 561 g/mol. The van der Waals surface area contributed by atoms with Crippen molar-refractivity contribution >= 4 is 21.6 Å². The summed E-state index contributed by atoms with van der Waals surface area (Å²) in [6.45, 7) is 4.31. The Kier molecular flexibility index (Phi) is 8.57. The van der Waals surface area contributed by atoms with Crippen molar-refractivity contribution in [3.8, 4) is 17.3 Å². The lowest BCUT2D eigenvalue weighted by Gasteiger charge is -2.14. The summed E-state index contributed by atoms with van der Waals surface area (Å²) in [5.41, 5.74) is -0.0273. The van der Waals surface area contributed by atoms with Gasteiger partial charge in [-0.2, -0.15) is 9.78 Å². The number of aromatic nitrogens is 2. The van der Waals surface area contributed by atoms with E-state index in [0.29, 0.717) is 13.0 Å². The molecule has 0 spiro atoms. The first-order valence-electron chi connectivity index (χ1n) is 12.3. The Morgan fingerprint density at radius 1 is 1.31 bits per heavy atom. The number of nitrogens with one attached hydrogen (secondary N) is 2. The number of sulfonamides is 1. The Hall–Kier alpha value is -3.88. The van der Waals surface area contributed by atoms with Crippen molar-refractivity contribution in [1.82, 2.24) is 19.8 Å². The van der Waals surface area contributed by atoms with E-state index in [1.165, 1.54) is 28.9 Å². The van der Waals surface area contributed by atoms with E-state index in [9.17, 15) is 27.7 Å². The van der Waals surface area contributed by atoms with Crippen molar-refractivity contribution in [1.29, 1.82) is 0 Å². The highest BCUT2D eigenvalue weighted by Crippen LogP contribution is 2.35. The number of carbonyl (C=O) groups excluding carboxylic acids is 1. The van der Waals surface area contributed by atoms with E-state index < -0.39 is 37.3 Å². The smallest absolute Gasteiger partial charge is 0.272 e. The van der Waals surface area contributed by atoms with Gasteiger partial charge in [0.15, 0.2) is 5.69 Å². The van der Waals surface area contributed by atoms with Crippen molar-refractivity contribution in [3.05, 3.63) is 69.7 Å². The highest BCUT2D eigenvalue weighted by molar-refractivity contribution is 7.89. The maximum Gasteiger partial charge on any atom is 0.272 e.